The van der Waals surface area contributed by atoms with Gasteiger partial charge in [-0.25, -0.2) is 0 Å². The SMILES string of the molecule is CCc1cccc(NC(=O)[C@@H]2CCCN(C(=O)c3nnc(C(=O)Nc4ccc(Cl)cc4)s3)C2)c1. The Morgan fingerprint density at radius 2 is 1.82 bits per heavy atom. The quantitative estimate of drug-likeness (QED) is 0.522. The van der Waals surface area contributed by atoms with Crippen molar-refractivity contribution < 1.29 is 14.4 Å². The summed E-state index contributed by atoms with van der Waals surface area (Å²) in [6, 6.07) is 14.4. The summed E-state index contributed by atoms with van der Waals surface area (Å²) in [6.07, 6.45) is 2.30. The van der Waals surface area contributed by atoms with Crippen molar-refractivity contribution >= 4 is 52.0 Å². The number of anilines is 2. The molecule has 1 aliphatic heterocycles. The fraction of sp³-hybridized carbons (Fsp3) is 0.292. The summed E-state index contributed by atoms with van der Waals surface area (Å²) in [4.78, 5) is 39.9. The van der Waals surface area contributed by atoms with E-state index in [2.05, 4.69) is 27.8 Å². The second-order valence-electron chi connectivity index (χ2n) is 8.01. The van der Waals surface area contributed by atoms with Crippen LogP contribution in [0.2, 0.25) is 5.02 Å². The molecule has 0 unspecified atom stereocenters. The van der Waals surface area contributed by atoms with Gasteiger partial charge in [0.2, 0.25) is 15.9 Å². The Morgan fingerprint density at radius 3 is 2.59 bits per heavy atom. The van der Waals surface area contributed by atoms with Crippen molar-refractivity contribution in [1.82, 2.24) is 15.1 Å². The van der Waals surface area contributed by atoms with Gasteiger partial charge in [0, 0.05) is 29.5 Å². The van der Waals surface area contributed by atoms with E-state index in [9.17, 15) is 14.4 Å². The molecular weight excluding hydrogens is 474 g/mol. The van der Waals surface area contributed by atoms with Crippen LogP contribution in [0, 0.1) is 5.92 Å². The van der Waals surface area contributed by atoms with E-state index in [1.54, 1.807) is 29.2 Å². The first-order chi connectivity index (χ1) is 16.4. The van der Waals surface area contributed by atoms with Gasteiger partial charge in [-0.1, -0.05) is 42.0 Å². The summed E-state index contributed by atoms with van der Waals surface area (Å²) < 4.78 is 0. The molecule has 1 aliphatic rings. The number of halogens is 1. The monoisotopic (exact) mass is 497 g/mol. The Labute approximate surface area is 206 Å². The van der Waals surface area contributed by atoms with Crippen molar-refractivity contribution in [3.8, 4) is 0 Å². The number of aromatic nitrogens is 2. The molecule has 10 heteroatoms. The van der Waals surface area contributed by atoms with Gasteiger partial charge < -0.3 is 15.5 Å². The van der Waals surface area contributed by atoms with Gasteiger partial charge in [-0.15, -0.1) is 10.2 Å². The van der Waals surface area contributed by atoms with Crippen LogP contribution < -0.4 is 10.6 Å². The molecule has 0 saturated carbocycles. The first-order valence-corrected chi connectivity index (χ1v) is 12.2. The maximum atomic E-state index is 13.0. The van der Waals surface area contributed by atoms with E-state index < -0.39 is 5.91 Å². The summed E-state index contributed by atoms with van der Waals surface area (Å²) in [5.41, 5.74) is 2.46. The van der Waals surface area contributed by atoms with Crippen LogP contribution in [0.3, 0.4) is 0 Å². The van der Waals surface area contributed by atoms with Crippen LogP contribution in [0.1, 0.15) is 44.9 Å². The molecule has 1 fully saturated rings. The maximum absolute atomic E-state index is 13.0. The minimum absolute atomic E-state index is 0.0837. The zero-order valence-electron chi connectivity index (χ0n) is 18.6. The van der Waals surface area contributed by atoms with Crippen LogP contribution in [0.15, 0.2) is 48.5 Å². The van der Waals surface area contributed by atoms with Crippen LogP contribution in [-0.4, -0.2) is 45.9 Å². The zero-order chi connectivity index (χ0) is 24.1. The van der Waals surface area contributed by atoms with Gasteiger partial charge in [0.25, 0.3) is 11.8 Å². The second kappa shape index (κ2) is 10.8. The number of nitrogens with zero attached hydrogens (tertiary/aromatic N) is 3. The van der Waals surface area contributed by atoms with Crippen LogP contribution >= 0.6 is 22.9 Å². The fourth-order valence-electron chi connectivity index (χ4n) is 3.74. The molecule has 2 N–H and O–H groups in total. The van der Waals surface area contributed by atoms with Crippen molar-refractivity contribution in [3.05, 3.63) is 69.1 Å². The van der Waals surface area contributed by atoms with Crippen molar-refractivity contribution in [3.63, 3.8) is 0 Å². The number of carbonyl (C=O) groups is 3. The Balaban J connectivity index is 1.37. The molecule has 176 valence electrons. The normalized spacial score (nSPS) is 15.6. The zero-order valence-corrected chi connectivity index (χ0v) is 20.2. The molecule has 8 nitrogen and oxygen atoms in total. The summed E-state index contributed by atoms with van der Waals surface area (Å²) in [5, 5.41) is 14.2. The number of amides is 3. The van der Waals surface area contributed by atoms with Crippen molar-refractivity contribution in [1.29, 1.82) is 0 Å². The van der Waals surface area contributed by atoms with Gasteiger partial charge in [-0.2, -0.15) is 0 Å². The Hall–Kier alpha value is -3.30. The molecule has 2 aromatic carbocycles. The number of hydrogen-bond donors (Lipinski definition) is 2. The van der Waals surface area contributed by atoms with Crippen LogP contribution in [0.5, 0.6) is 0 Å². The molecule has 0 radical (unpaired) electrons. The maximum Gasteiger partial charge on any atom is 0.286 e. The highest BCUT2D eigenvalue weighted by Crippen LogP contribution is 2.23. The van der Waals surface area contributed by atoms with Gasteiger partial charge >= 0.3 is 0 Å². The second-order valence-corrected chi connectivity index (χ2v) is 9.42. The van der Waals surface area contributed by atoms with Crippen molar-refractivity contribution in [2.75, 3.05) is 23.7 Å². The molecule has 4 rings (SSSR count). The van der Waals surface area contributed by atoms with E-state index in [1.807, 2.05) is 24.3 Å². The van der Waals surface area contributed by atoms with Crippen LogP contribution in [0.4, 0.5) is 11.4 Å². The van der Waals surface area contributed by atoms with E-state index in [4.69, 9.17) is 11.6 Å². The minimum Gasteiger partial charge on any atom is -0.336 e. The lowest BCUT2D eigenvalue weighted by Gasteiger charge is -2.31. The minimum atomic E-state index is -0.455. The Kier molecular flexibility index (Phi) is 7.54. The number of likely N-dealkylation sites (tertiary alicyclic amines) is 1. The number of aryl methyl sites for hydroxylation is 1. The smallest absolute Gasteiger partial charge is 0.286 e. The van der Waals surface area contributed by atoms with Gasteiger partial charge in [0.05, 0.1) is 5.92 Å². The molecule has 2 heterocycles. The Bertz CT molecular complexity index is 1200. The summed E-state index contributed by atoms with van der Waals surface area (Å²) in [7, 11) is 0. The molecule has 3 aromatic rings. The highest BCUT2D eigenvalue weighted by atomic mass is 35.5. The number of nitrogens with one attached hydrogen (secondary N) is 2. The Morgan fingerprint density at radius 1 is 1.06 bits per heavy atom. The lowest BCUT2D eigenvalue weighted by molar-refractivity contribution is -0.121. The summed E-state index contributed by atoms with van der Waals surface area (Å²) in [5.74, 6) is -1.20. The summed E-state index contributed by atoms with van der Waals surface area (Å²) >= 11 is 6.79. The van der Waals surface area contributed by atoms with E-state index >= 15 is 0 Å². The molecule has 0 bridgehead atoms. The van der Waals surface area contributed by atoms with Crippen LogP contribution in [-0.2, 0) is 11.2 Å². The molecule has 1 saturated heterocycles. The predicted molar refractivity (Wildman–Crippen MR) is 132 cm³/mol. The molecule has 1 atom stereocenters. The highest BCUT2D eigenvalue weighted by molar-refractivity contribution is 7.15. The van der Waals surface area contributed by atoms with Crippen LogP contribution in [0.25, 0.3) is 0 Å². The fourth-order valence-corrected chi connectivity index (χ4v) is 4.58. The van der Waals surface area contributed by atoms with Gasteiger partial charge in [-0.3, -0.25) is 14.4 Å². The average molecular weight is 498 g/mol. The van der Waals surface area contributed by atoms with Gasteiger partial charge in [0.15, 0.2) is 0 Å². The highest BCUT2D eigenvalue weighted by Gasteiger charge is 2.31. The van der Waals surface area contributed by atoms with Crippen molar-refractivity contribution in [2.24, 2.45) is 5.92 Å². The standard InChI is InChI=1S/C24H24ClN5O3S/c1-2-15-5-3-7-19(13-15)27-20(31)16-6-4-12-30(14-16)24(33)23-29-28-22(34-23)21(32)26-18-10-8-17(25)9-11-18/h3,5,7-11,13,16H,2,4,6,12,14H2,1H3,(H,26,32)(H,27,31)/t16-/m1/s1. The number of rotatable bonds is 6. The lowest BCUT2D eigenvalue weighted by atomic mass is 9.97. The molecule has 34 heavy (non-hydrogen) atoms. The van der Waals surface area contributed by atoms with E-state index in [-0.39, 0.29) is 27.7 Å². The molecule has 0 spiro atoms. The third-order valence-electron chi connectivity index (χ3n) is 5.59. The van der Waals surface area contributed by atoms with E-state index in [1.165, 1.54) is 0 Å². The molecule has 3 amide bonds. The third kappa shape index (κ3) is 5.78. The number of hydrogen-bond acceptors (Lipinski definition) is 6. The largest absolute Gasteiger partial charge is 0.336 e. The average Bonchev–Trinajstić information content (AvgIpc) is 3.36. The van der Waals surface area contributed by atoms with Crippen molar-refractivity contribution in [2.45, 2.75) is 26.2 Å². The third-order valence-corrected chi connectivity index (χ3v) is 6.75. The first kappa shape index (κ1) is 23.8. The first-order valence-electron chi connectivity index (χ1n) is 11.0. The van der Waals surface area contributed by atoms with E-state index in [0.29, 0.717) is 36.6 Å². The molecular formula is C24H24ClN5O3S. The number of benzene rings is 2. The topological polar surface area (TPSA) is 104 Å². The predicted octanol–water partition coefficient (Wildman–Crippen LogP) is 4.50. The molecule has 0 aliphatic carbocycles. The van der Waals surface area contributed by atoms with E-state index in [0.717, 1.165) is 29.0 Å². The van der Waals surface area contributed by atoms with Gasteiger partial charge in [0.1, 0.15) is 0 Å². The number of carbonyl (C=O) groups excluding carboxylic acids is 3. The van der Waals surface area contributed by atoms with Gasteiger partial charge in [-0.05, 0) is 61.2 Å². The number of piperidine rings is 1. The lowest BCUT2D eigenvalue weighted by Crippen LogP contribution is -2.43. The molecule has 1 aromatic heterocycles. The summed E-state index contributed by atoms with van der Waals surface area (Å²) in [6.45, 7) is 2.88.